The van der Waals surface area contributed by atoms with Crippen molar-refractivity contribution in [3.05, 3.63) is 71.3 Å². The summed E-state index contributed by atoms with van der Waals surface area (Å²) in [6.07, 6.45) is 1.57. The summed E-state index contributed by atoms with van der Waals surface area (Å²) in [4.78, 5) is 10.7. The minimum Gasteiger partial charge on any atom is -0.478 e. The number of carbonyl (C=O) groups is 1. The quantitative estimate of drug-likeness (QED) is 0.449. The van der Waals surface area contributed by atoms with Crippen molar-refractivity contribution in [1.82, 2.24) is 10.7 Å². The second-order valence-electron chi connectivity index (χ2n) is 4.47. The van der Waals surface area contributed by atoms with Gasteiger partial charge in [-0.15, -0.1) is 0 Å². The fourth-order valence-electron chi connectivity index (χ4n) is 1.69. The first kappa shape index (κ1) is 15.7. The van der Waals surface area contributed by atoms with E-state index in [1.54, 1.807) is 18.3 Å². The molecule has 22 heavy (non-hydrogen) atoms. The molecule has 0 aliphatic rings. The van der Waals surface area contributed by atoms with Crippen LogP contribution in [0.4, 0.5) is 0 Å². The topological polar surface area (TPSA) is 73.7 Å². The van der Waals surface area contributed by atoms with E-state index in [0.29, 0.717) is 11.7 Å². The maximum Gasteiger partial charge on any atom is 0.335 e. The molecule has 112 valence electrons. The predicted octanol–water partition coefficient (Wildman–Crippen LogP) is 2.38. The highest BCUT2D eigenvalue weighted by Crippen LogP contribution is 2.02. The molecule has 0 amide bonds. The molecular formula is C16H15N3O2S. The number of carboxylic acids is 1. The lowest BCUT2D eigenvalue weighted by Gasteiger charge is -2.06. The zero-order chi connectivity index (χ0) is 15.8. The Hall–Kier alpha value is -2.73. The number of hydrogen-bond acceptors (Lipinski definition) is 3. The van der Waals surface area contributed by atoms with E-state index in [4.69, 9.17) is 17.3 Å². The number of hydrazone groups is 1. The number of nitrogens with zero attached hydrogens (tertiary/aromatic N) is 1. The van der Waals surface area contributed by atoms with Crippen LogP contribution in [0.5, 0.6) is 0 Å². The van der Waals surface area contributed by atoms with Gasteiger partial charge in [0.1, 0.15) is 0 Å². The Balaban J connectivity index is 1.79. The highest BCUT2D eigenvalue weighted by molar-refractivity contribution is 7.80. The second-order valence-corrected chi connectivity index (χ2v) is 4.87. The third kappa shape index (κ3) is 4.99. The van der Waals surface area contributed by atoms with Crippen molar-refractivity contribution in [3.8, 4) is 0 Å². The number of rotatable bonds is 5. The Kier molecular flexibility index (Phi) is 5.62. The smallest absolute Gasteiger partial charge is 0.335 e. The van der Waals surface area contributed by atoms with E-state index in [-0.39, 0.29) is 5.56 Å². The van der Waals surface area contributed by atoms with Crippen LogP contribution in [0.25, 0.3) is 0 Å². The van der Waals surface area contributed by atoms with Crippen molar-refractivity contribution in [2.45, 2.75) is 6.54 Å². The van der Waals surface area contributed by atoms with E-state index in [0.717, 1.165) is 11.1 Å². The highest BCUT2D eigenvalue weighted by atomic mass is 32.1. The third-order valence-electron chi connectivity index (χ3n) is 2.83. The molecule has 0 fully saturated rings. The van der Waals surface area contributed by atoms with Crippen molar-refractivity contribution < 1.29 is 9.90 Å². The molecule has 6 heteroatoms. The Bertz CT molecular complexity index is 670. The van der Waals surface area contributed by atoms with Gasteiger partial charge in [0.05, 0.1) is 11.8 Å². The zero-order valence-corrected chi connectivity index (χ0v) is 12.5. The molecule has 0 aromatic heterocycles. The van der Waals surface area contributed by atoms with Crippen LogP contribution >= 0.6 is 12.2 Å². The van der Waals surface area contributed by atoms with Gasteiger partial charge >= 0.3 is 5.97 Å². The molecule has 2 aromatic carbocycles. The lowest BCUT2D eigenvalue weighted by atomic mass is 10.1. The molecule has 0 heterocycles. The Morgan fingerprint density at radius 1 is 1.14 bits per heavy atom. The summed E-state index contributed by atoms with van der Waals surface area (Å²) in [5.74, 6) is -0.951. The highest BCUT2D eigenvalue weighted by Gasteiger charge is 2.00. The summed E-state index contributed by atoms with van der Waals surface area (Å²) in [6, 6.07) is 16.3. The fraction of sp³-hybridized carbons (Fsp3) is 0.0625. The molecule has 0 saturated carbocycles. The van der Waals surface area contributed by atoms with Crippen LogP contribution in [-0.2, 0) is 6.54 Å². The monoisotopic (exact) mass is 313 g/mol. The predicted molar refractivity (Wildman–Crippen MR) is 90.0 cm³/mol. The van der Waals surface area contributed by atoms with Crippen LogP contribution in [0.15, 0.2) is 59.7 Å². The molecule has 5 nitrogen and oxygen atoms in total. The summed E-state index contributed by atoms with van der Waals surface area (Å²) < 4.78 is 0. The molecule has 0 spiro atoms. The maximum atomic E-state index is 10.7. The maximum absolute atomic E-state index is 10.7. The van der Waals surface area contributed by atoms with Crippen molar-refractivity contribution in [2.24, 2.45) is 5.10 Å². The molecule has 2 rings (SSSR count). The van der Waals surface area contributed by atoms with Crippen LogP contribution < -0.4 is 10.7 Å². The van der Waals surface area contributed by atoms with Gasteiger partial charge in [-0.2, -0.15) is 5.10 Å². The van der Waals surface area contributed by atoms with E-state index in [1.807, 2.05) is 30.3 Å². The molecule has 2 aromatic rings. The lowest BCUT2D eigenvalue weighted by Crippen LogP contribution is -2.31. The van der Waals surface area contributed by atoms with Gasteiger partial charge in [0.2, 0.25) is 0 Å². The number of hydrogen-bond donors (Lipinski definition) is 3. The molecule has 0 bridgehead atoms. The van der Waals surface area contributed by atoms with Gasteiger partial charge in [0, 0.05) is 6.54 Å². The van der Waals surface area contributed by atoms with Gasteiger partial charge in [0.25, 0.3) is 0 Å². The van der Waals surface area contributed by atoms with Gasteiger partial charge < -0.3 is 10.4 Å². The van der Waals surface area contributed by atoms with E-state index in [2.05, 4.69) is 15.8 Å². The molecule has 0 radical (unpaired) electrons. The first-order chi connectivity index (χ1) is 10.6. The van der Waals surface area contributed by atoms with Gasteiger partial charge in [0.15, 0.2) is 5.11 Å². The summed E-state index contributed by atoms with van der Waals surface area (Å²) in [5, 5.41) is 16.3. The molecule has 3 N–H and O–H groups in total. The first-order valence-electron chi connectivity index (χ1n) is 6.59. The van der Waals surface area contributed by atoms with Gasteiger partial charge in [-0.05, 0) is 35.5 Å². The Labute approximate surface area is 133 Å². The van der Waals surface area contributed by atoms with Crippen LogP contribution in [0.2, 0.25) is 0 Å². The summed E-state index contributed by atoms with van der Waals surface area (Å²) >= 11 is 5.11. The van der Waals surface area contributed by atoms with E-state index in [9.17, 15) is 4.79 Å². The van der Waals surface area contributed by atoms with Crippen molar-refractivity contribution in [2.75, 3.05) is 0 Å². The van der Waals surface area contributed by atoms with Crippen LogP contribution in [0, 0.1) is 0 Å². The van der Waals surface area contributed by atoms with Crippen LogP contribution in [0.1, 0.15) is 21.5 Å². The van der Waals surface area contributed by atoms with Crippen LogP contribution in [0.3, 0.4) is 0 Å². The average molecular weight is 313 g/mol. The minimum absolute atomic E-state index is 0.241. The van der Waals surface area contributed by atoms with Gasteiger partial charge in [-0.1, -0.05) is 42.5 Å². The number of carboxylic acid groups (broad SMARTS) is 1. The summed E-state index contributed by atoms with van der Waals surface area (Å²) in [5.41, 5.74) is 4.86. The summed E-state index contributed by atoms with van der Waals surface area (Å²) in [7, 11) is 0. The average Bonchev–Trinajstić information content (AvgIpc) is 2.54. The van der Waals surface area contributed by atoms with Crippen molar-refractivity contribution in [3.63, 3.8) is 0 Å². The third-order valence-corrected chi connectivity index (χ3v) is 3.07. The lowest BCUT2D eigenvalue weighted by molar-refractivity contribution is 0.0697. The normalized spacial score (nSPS) is 10.4. The molecule has 0 unspecified atom stereocenters. The number of benzene rings is 2. The first-order valence-corrected chi connectivity index (χ1v) is 7.00. The molecule has 0 aliphatic heterocycles. The zero-order valence-electron chi connectivity index (χ0n) is 11.7. The SMILES string of the molecule is O=C(O)c1ccc(/C=N\NC(=S)NCc2ccccc2)cc1. The van der Waals surface area contributed by atoms with E-state index >= 15 is 0 Å². The molecule has 0 saturated heterocycles. The number of thiocarbonyl (C=S) groups is 1. The van der Waals surface area contributed by atoms with Crippen molar-refractivity contribution in [1.29, 1.82) is 0 Å². The summed E-state index contributed by atoms with van der Waals surface area (Å²) in [6.45, 7) is 0.621. The standard InChI is InChI=1S/C16H15N3O2S/c20-15(21)14-8-6-13(7-9-14)11-18-19-16(22)17-10-12-4-2-1-3-5-12/h1-9,11H,10H2,(H,20,21)(H2,17,19,22)/b18-11-. The second kappa shape index (κ2) is 7.90. The Morgan fingerprint density at radius 2 is 1.82 bits per heavy atom. The number of aromatic carboxylic acids is 1. The molecule has 0 aliphatic carbocycles. The largest absolute Gasteiger partial charge is 0.478 e. The number of nitrogens with one attached hydrogen (secondary N) is 2. The minimum atomic E-state index is -0.951. The van der Waals surface area contributed by atoms with Gasteiger partial charge in [-0.25, -0.2) is 4.79 Å². The van der Waals surface area contributed by atoms with E-state index in [1.165, 1.54) is 12.1 Å². The van der Waals surface area contributed by atoms with Crippen LogP contribution in [-0.4, -0.2) is 22.4 Å². The van der Waals surface area contributed by atoms with E-state index < -0.39 is 5.97 Å². The fourth-order valence-corrected chi connectivity index (χ4v) is 1.82. The van der Waals surface area contributed by atoms with Gasteiger partial charge in [-0.3, -0.25) is 5.43 Å². The molecule has 0 atom stereocenters. The van der Waals surface area contributed by atoms with Crippen molar-refractivity contribution >= 4 is 29.5 Å². The molecular weight excluding hydrogens is 298 g/mol. The Morgan fingerprint density at radius 3 is 2.45 bits per heavy atom.